The van der Waals surface area contributed by atoms with Crippen molar-refractivity contribution in [3.63, 3.8) is 0 Å². The molecule has 3 aliphatic rings. The van der Waals surface area contributed by atoms with E-state index in [-0.39, 0.29) is 25.5 Å². The number of piperidine rings is 1. The van der Waals surface area contributed by atoms with E-state index in [1.807, 2.05) is 0 Å². The Hall–Kier alpha value is -2.17. The van der Waals surface area contributed by atoms with Crippen molar-refractivity contribution in [3.05, 3.63) is 75.5 Å². The van der Waals surface area contributed by atoms with Gasteiger partial charge in [-0.25, -0.2) is 4.90 Å². The van der Waals surface area contributed by atoms with Gasteiger partial charge in [-0.1, -0.05) is 64.7 Å². The normalized spacial score (nSPS) is 21.2. The number of nitrogens with zero attached hydrogens (tertiary/aromatic N) is 3. The first-order chi connectivity index (χ1) is 17.3. The summed E-state index contributed by atoms with van der Waals surface area (Å²) in [5.41, 5.74) is 10.2. The second kappa shape index (κ2) is 10.9. The van der Waals surface area contributed by atoms with E-state index in [0.717, 1.165) is 50.3 Å². The number of aliphatic hydroxyl groups excluding tert-OH is 1. The van der Waals surface area contributed by atoms with E-state index in [9.17, 15) is 5.11 Å². The SMILES string of the molecule is C.COc1cc(C)cc2c1[C@@H](C)C=C1N(C2)C(=P)N(CCO)C12CCN(Cc1cc(C)cc(C)c1)CC2. The zero-order chi connectivity index (χ0) is 25.6. The first-order valence-corrected chi connectivity index (χ1v) is 13.7. The van der Waals surface area contributed by atoms with Crippen molar-refractivity contribution >= 4 is 14.4 Å². The smallest absolute Gasteiger partial charge is 0.123 e. The minimum atomic E-state index is -0.114. The predicted octanol–water partition coefficient (Wildman–Crippen LogP) is 5.63. The number of hydrogen-bond donors (Lipinski definition) is 1. The summed E-state index contributed by atoms with van der Waals surface area (Å²) in [6.07, 6.45) is 4.53. The van der Waals surface area contributed by atoms with Crippen LogP contribution in [0.2, 0.25) is 0 Å². The molecule has 5 rings (SSSR count). The molecule has 6 heteroatoms. The molecule has 37 heavy (non-hydrogen) atoms. The second-order valence-electron chi connectivity index (χ2n) is 11.0. The van der Waals surface area contributed by atoms with Gasteiger partial charge in [-0.15, -0.1) is 0 Å². The molecule has 0 bridgehead atoms. The van der Waals surface area contributed by atoms with Gasteiger partial charge in [-0.3, -0.25) is 4.90 Å². The monoisotopic (exact) mass is 521 g/mol. The third-order valence-corrected chi connectivity index (χ3v) is 8.81. The largest absolute Gasteiger partial charge is 0.496 e. The molecule has 2 saturated heterocycles. The van der Waals surface area contributed by atoms with Gasteiger partial charge in [0.15, 0.2) is 0 Å². The number of hydrogen-bond acceptors (Lipinski definition) is 3. The molecular weight excluding hydrogens is 477 g/mol. The zero-order valence-electron chi connectivity index (χ0n) is 22.4. The minimum Gasteiger partial charge on any atom is -0.496 e. The summed E-state index contributed by atoms with van der Waals surface area (Å²) in [6.45, 7) is 13.4. The summed E-state index contributed by atoms with van der Waals surface area (Å²) in [5.74, 6) is 1.23. The molecule has 0 radical (unpaired) electrons. The second-order valence-corrected chi connectivity index (χ2v) is 11.4. The maximum Gasteiger partial charge on any atom is 0.123 e. The molecule has 0 aliphatic carbocycles. The highest BCUT2D eigenvalue weighted by atomic mass is 31.0. The Balaban J connectivity index is 0.00000320. The van der Waals surface area contributed by atoms with E-state index < -0.39 is 0 Å². The average molecular weight is 522 g/mol. The number of benzene rings is 2. The lowest BCUT2D eigenvalue weighted by Crippen LogP contribution is -2.54. The first-order valence-electron chi connectivity index (χ1n) is 13.2. The van der Waals surface area contributed by atoms with Crippen molar-refractivity contribution in [2.24, 2.45) is 0 Å². The lowest BCUT2D eigenvalue weighted by molar-refractivity contribution is 0.0892. The van der Waals surface area contributed by atoms with Crippen LogP contribution < -0.4 is 4.74 Å². The maximum atomic E-state index is 10.0. The third-order valence-electron chi connectivity index (χ3n) is 8.27. The minimum absolute atomic E-state index is 0. The van der Waals surface area contributed by atoms with Gasteiger partial charge in [-0.2, -0.15) is 0 Å². The number of allylic oxidation sites excluding steroid dienone is 1. The van der Waals surface area contributed by atoms with E-state index in [1.54, 1.807) is 7.11 Å². The summed E-state index contributed by atoms with van der Waals surface area (Å²) in [4.78, 5) is 7.45. The Labute approximate surface area is 225 Å². The lowest BCUT2D eigenvalue weighted by Gasteiger charge is -2.44. The number of aliphatic hydroxyl groups is 1. The number of β-amino-alcohol motifs (C(OH)–C–C–N with tert-alkyl or cyclic N) is 1. The molecule has 2 fully saturated rings. The Morgan fingerprint density at radius 1 is 1.03 bits per heavy atom. The van der Waals surface area contributed by atoms with Crippen LogP contribution in [0, 0.1) is 20.8 Å². The van der Waals surface area contributed by atoms with Gasteiger partial charge in [0, 0.05) is 49.9 Å². The number of methoxy groups -OCH3 is 1. The number of likely N-dealkylation sites (tertiary alicyclic amines) is 1. The molecule has 5 nitrogen and oxygen atoms in total. The molecule has 2 aromatic rings. The third kappa shape index (κ3) is 5.00. The number of rotatable bonds is 5. The molecule has 3 heterocycles. The number of aryl methyl sites for hydroxylation is 3. The van der Waals surface area contributed by atoms with Crippen LogP contribution >= 0.6 is 8.86 Å². The van der Waals surface area contributed by atoms with Crippen LogP contribution in [0.4, 0.5) is 0 Å². The topological polar surface area (TPSA) is 39.2 Å². The van der Waals surface area contributed by atoms with Gasteiger partial charge >= 0.3 is 0 Å². The van der Waals surface area contributed by atoms with Gasteiger partial charge in [-0.05, 0) is 56.4 Å². The number of ether oxygens (including phenoxy) is 1. The highest BCUT2D eigenvalue weighted by molar-refractivity contribution is 7.20. The summed E-state index contributed by atoms with van der Waals surface area (Å²) >= 11 is 0. The standard InChI is InChI=1S/C30H40N3O2P.CH4/c1-20-12-21(2)14-24(13-20)18-31-8-6-30(7-9-31)27-17-23(4)28-25(15-22(3)16-26(28)35-5)19-32(27)29(36)33(30)10-11-34;/h12-17,23,34,36H,6-11,18-19H2,1-5H3;1H4/t23-;/m0./s1. The van der Waals surface area contributed by atoms with Gasteiger partial charge in [0.05, 0.1) is 19.3 Å². The van der Waals surface area contributed by atoms with Crippen LogP contribution in [0.15, 0.2) is 42.1 Å². The Bertz CT molecular complexity index is 1180. The summed E-state index contributed by atoms with van der Waals surface area (Å²) in [7, 11) is 5.82. The van der Waals surface area contributed by atoms with Crippen molar-refractivity contribution in [2.45, 2.75) is 72.5 Å². The summed E-state index contributed by atoms with van der Waals surface area (Å²) in [5, 5.41) is 10.0. The molecule has 2 aromatic carbocycles. The van der Waals surface area contributed by atoms with Crippen LogP contribution in [0.3, 0.4) is 0 Å². The molecule has 1 N–H and O–H groups in total. The Morgan fingerprint density at radius 3 is 2.30 bits per heavy atom. The van der Waals surface area contributed by atoms with Crippen molar-refractivity contribution in [1.29, 1.82) is 0 Å². The fraction of sp³-hybridized carbons (Fsp3) is 0.516. The first kappa shape index (κ1) is 27.9. The van der Waals surface area contributed by atoms with E-state index in [2.05, 4.69) is 87.7 Å². The molecule has 0 saturated carbocycles. The molecule has 0 aromatic heterocycles. The van der Waals surface area contributed by atoms with Gasteiger partial charge in [0.25, 0.3) is 0 Å². The van der Waals surface area contributed by atoms with Gasteiger partial charge < -0.3 is 14.7 Å². The van der Waals surface area contributed by atoms with Crippen molar-refractivity contribution in [3.8, 4) is 5.75 Å². The van der Waals surface area contributed by atoms with E-state index in [4.69, 9.17) is 4.74 Å². The molecule has 1 atom stereocenters. The molecule has 1 spiro atoms. The average Bonchev–Trinajstić information content (AvgIpc) is 2.93. The maximum absolute atomic E-state index is 10.0. The van der Waals surface area contributed by atoms with E-state index in [1.165, 1.54) is 39.1 Å². The van der Waals surface area contributed by atoms with Gasteiger partial charge in [0.1, 0.15) is 11.3 Å². The summed E-state index contributed by atoms with van der Waals surface area (Å²) in [6, 6.07) is 11.3. The summed E-state index contributed by atoms with van der Waals surface area (Å²) < 4.78 is 5.84. The zero-order valence-corrected chi connectivity index (χ0v) is 23.4. The van der Waals surface area contributed by atoms with Crippen LogP contribution in [-0.2, 0) is 13.1 Å². The Kier molecular flexibility index (Phi) is 8.21. The van der Waals surface area contributed by atoms with E-state index in [0.29, 0.717) is 6.54 Å². The molecule has 3 aliphatic heterocycles. The molecule has 0 unspecified atom stereocenters. The van der Waals surface area contributed by atoms with Crippen molar-refractivity contribution < 1.29 is 9.84 Å². The van der Waals surface area contributed by atoms with E-state index >= 15 is 0 Å². The molecule has 0 amide bonds. The van der Waals surface area contributed by atoms with Crippen molar-refractivity contribution in [2.75, 3.05) is 33.4 Å². The van der Waals surface area contributed by atoms with Crippen LogP contribution in [-0.4, -0.2) is 64.2 Å². The van der Waals surface area contributed by atoms with Crippen molar-refractivity contribution in [1.82, 2.24) is 14.7 Å². The molecular formula is C31H44N3O2P. The van der Waals surface area contributed by atoms with Gasteiger partial charge in [0.2, 0.25) is 0 Å². The highest BCUT2D eigenvalue weighted by Gasteiger charge is 2.53. The Morgan fingerprint density at radius 2 is 1.68 bits per heavy atom. The fourth-order valence-corrected chi connectivity index (χ4v) is 7.37. The lowest BCUT2D eigenvalue weighted by atomic mass is 9.82. The number of fused-ring (bicyclic) bond motifs is 3. The predicted molar refractivity (Wildman–Crippen MR) is 157 cm³/mol. The van der Waals surface area contributed by atoms with Crippen LogP contribution in [0.25, 0.3) is 0 Å². The van der Waals surface area contributed by atoms with Crippen LogP contribution in [0.5, 0.6) is 5.75 Å². The van der Waals surface area contributed by atoms with Crippen LogP contribution in [0.1, 0.15) is 66.5 Å². The molecule has 200 valence electrons. The highest BCUT2D eigenvalue weighted by Crippen LogP contribution is 2.48. The quantitative estimate of drug-likeness (QED) is 0.516. The fourth-order valence-electron chi connectivity index (χ4n) is 6.85.